The number of nitrogens with one attached hydrogen (secondary N) is 1. The Hall–Kier alpha value is -1.15. The first-order valence-corrected chi connectivity index (χ1v) is 4.03. The zero-order chi connectivity index (χ0) is 8.97. The second-order valence-electron chi connectivity index (χ2n) is 2.73. The number of hydrogen-bond acceptors (Lipinski definition) is 2. The summed E-state index contributed by atoms with van der Waals surface area (Å²) in [6.07, 6.45) is 3.62. The summed E-state index contributed by atoms with van der Waals surface area (Å²) < 4.78 is 0. The predicted octanol–water partition coefficient (Wildman–Crippen LogP) is 2.00. The summed E-state index contributed by atoms with van der Waals surface area (Å²) in [6, 6.07) is 4.39. The van der Waals surface area contributed by atoms with Crippen molar-refractivity contribution in [3.63, 3.8) is 0 Å². The molecule has 1 rings (SSSR count). The zero-order valence-electron chi connectivity index (χ0n) is 7.54. The van der Waals surface area contributed by atoms with Crippen LogP contribution in [0.15, 0.2) is 24.9 Å². The summed E-state index contributed by atoms with van der Waals surface area (Å²) in [6.45, 7) is 5.75. The molecule has 0 aromatic carbocycles. The topological polar surface area (TPSA) is 24.9 Å². The van der Waals surface area contributed by atoms with Gasteiger partial charge in [-0.15, -0.1) is 0 Å². The minimum absolute atomic E-state index is 0.358. The van der Waals surface area contributed by atoms with Crippen LogP contribution in [0.2, 0.25) is 0 Å². The van der Waals surface area contributed by atoms with E-state index in [0.717, 1.165) is 5.69 Å². The number of hydrogen-bond donors (Lipinski definition) is 1. The van der Waals surface area contributed by atoms with Crippen molar-refractivity contribution in [1.29, 1.82) is 0 Å². The molecule has 1 aromatic rings. The molecule has 1 aromatic heterocycles. The van der Waals surface area contributed by atoms with E-state index in [1.165, 1.54) is 5.56 Å². The molecule has 2 heteroatoms. The maximum atomic E-state index is 4.21. The van der Waals surface area contributed by atoms with Gasteiger partial charge in [-0.3, -0.25) is 4.98 Å². The van der Waals surface area contributed by atoms with E-state index in [2.05, 4.69) is 29.9 Å². The summed E-state index contributed by atoms with van der Waals surface area (Å²) in [4.78, 5) is 4.21. The number of pyridine rings is 1. The number of rotatable bonds is 3. The van der Waals surface area contributed by atoms with Crippen molar-refractivity contribution in [3.05, 3.63) is 36.2 Å². The molecule has 1 atom stereocenters. The summed E-state index contributed by atoms with van der Waals surface area (Å²) in [7, 11) is 1.94. The molecule has 0 aliphatic rings. The normalized spacial score (nSPS) is 12.5. The van der Waals surface area contributed by atoms with Crippen molar-refractivity contribution in [2.24, 2.45) is 0 Å². The minimum atomic E-state index is 0.358. The van der Waals surface area contributed by atoms with E-state index in [4.69, 9.17) is 0 Å². The van der Waals surface area contributed by atoms with Crippen molar-refractivity contribution < 1.29 is 0 Å². The molecule has 0 saturated heterocycles. The molecule has 2 nitrogen and oxygen atoms in total. The highest BCUT2D eigenvalue weighted by Crippen LogP contribution is 2.10. The van der Waals surface area contributed by atoms with E-state index in [0.29, 0.717) is 6.04 Å². The van der Waals surface area contributed by atoms with Gasteiger partial charge < -0.3 is 5.32 Å². The Bertz CT molecular complexity index is 251. The van der Waals surface area contributed by atoms with Crippen molar-refractivity contribution in [3.8, 4) is 0 Å². The lowest BCUT2D eigenvalue weighted by atomic mass is 10.1. The average Bonchev–Trinajstić information content (AvgIpc) is 2.17. The third kappa shape index (κ3) is 1.92. The van der Waals surface area contributed by atoms with Crippen LogP contribution in [0.25, 0.3) is 6.08 Å². The Kier molecular flexibility index (Phi) is 3.00. The Morgan fingerprint density at radius 3 is 2.75 bits per heavy atom. The summed E-state index contributed by atoms with van der Waals surface area (Å²) in [5.74, 6) is 0. The standard InChI is InChI=1S/C10H14N2/c1-4-10-6-5-9(7-12-10)8(2)11-3/h4-8,11H,1H2,2-3H3/t8-/m1/s1. The van der Waals surface area contributed by atoms with Crippen LogP contribution in [-0.4, -0.2) is 12.0 Å². The molecule has 0 aliphatic heterocycles. The first kappa shape index (κ1) is 8.94. The predicted molar refractivity (Wildman–Crippen MR) is 51.8 cm³/mol. The van der Waals surface area contributed by atoms with Crippen LogP contribution >= 0.6 is 0 Å². The van der Waals surface area contributed by atoms with Gasteiger partial charge in [0.2, 0.25) is 0 Å². The molecule has 1 N–H and O–H groups in total. The fourth-order valence-corrected chi connectivity index (χ4v) is 0.960. The highest BCUT2D eigenvalue weighted by molar-refractivity contribution is 5.41. The first-order chi connectivity index (χ1) is 5.77. The lowest BCUT2D eigenvalue weighted by Gasteiger charge is -2.09. The molecule has 0 bridgehead atoms. The third-order valence-electron chi connectivity index (χ3n) is 1.95. The SMILES string of the molecule is C=Cc1ccc([C@@H](C)NC)cn1. The molecule has 0 amide bonds. The van der Waals surface area contributed by atoms with Gasteiger partial charge in [-0.1, -0.05) is 12.6 Å². The van der Waals surface area contributed by atoms with Gasteiger partial charge >= 0.3 is 0 Å². The molecular weight excluding hydrogens is 148 g/mol. The van der Waals surface area contributed by atoms with Crippen LogP contribution in [-0.2, 0) is 0 Å². The van der Waals surface area contributed by atoms with Crippen LogP contribution in [0.4, 0.5) is 0 Å². The highest BCUT2D eigenvalue weighted by Gasteiger charge is 2.00. The van der Waals surface area contributed by atoms with Crippen LogP contribution in [0.3, 0.4) is 0 Å². The Morgan fingerprint density at radius 1 is 1.58 bits per heavy atom. The smallest absolute Gasteiger partial charge is 0.0623 e. The molecule has 0 unspecified atom stereocenters. The molecular formula is C10H14N2. The molecule has 0 spiro atoms. The third-order valence-corrected chi connectivity index (χ3v) is 1.95. The van der Waals surface area contributed by atoms with Gasteiger partial charge in [-0.05, 0) is 31.7 Å². The Balaban J connectivity index is 2.84. The summed E-state index contributed by atoms with van der Waals surface area (Å²) in [5, 5.41) is 3.15. The van der Waals surface area contributed by atoms with Crippen LogP contribution in [0, 0.1) is 0 Å². The average molecular weight is 162 g/mol. The molecule has 0 radical (unpaired) electrons. The van der Waals surface area contributed by atoms with Gasteiger partial charge in [0.05, 0.1) is 5.69 Å². The van der Waals surface area contributed by atoms with E-state index in [1.54, 1.807) is 6.08 Å². The van der Waals surface area contributed by atoms with Gasteiger partial charge in [0.25, 0.3) is 0 Å². The van der Waals surface area contributed by atoms with Gasteiger partial charge in [0.1, 0.15) is 0 Å². The van der Waals surface area contributed by atoms with Crippen LogP contribution in [0.5, 0.6) is 0 Å². The molecule has 0 fully saturated rings. The molecule has 1 heterocycles. The molecule has 64 valence electrons. The second kappa shape index (κ2) is 4.02. The van der Waals surface area contributed by atoms with Crippen LogP contribution < -0.4 is 5.32 Å². The monoisotopic (exact) mass is 162 g/mol. The quantitative estimate of drug-likeness (QED) is 0.735. The molecule has 0 saturated carbocycles. The summed E-state index contributed by atoms with van der Waals surface area (Å²) >= 11 is 0. The maximum Gasteiger partial charge on any atom is 0.0623 e. The van der Waals surface area contributed by atoms with Gasteiger partial charge in [-0.25, -0.2) is 0 Å². The van der Waals surface area contributed by atoms with Gasteiger partial charge in [0.15, 0.2) is 0 Å². The van der Waals surface area contributed by atoms with E-state index in [9.17, 15) is 0 Å². The highest BCUT2D eigenvalue weighted by atomic mass is 14.9. The molecule has 12 heavy (non-hydrogen) atoms. The second-order valence-corrected chi connectivity index (χ2v) is 2.73. The van der Waals surface area contributed by atoms with Gasteiger partial charge in [0, 0.05) is 12.2 Å². The van der Waals surface area contributed by atoms with Crippen molar-refractivity contribution in [2.45, 2.75) is 13.0 Å². The Labute approximate surface area is 73.3 Å². The van der Waals surface area contributed by atoms with Crippen LogP contribution in [0.1, 0.15) is 24.2 Å². The van der Waals surface area contributed by atoms with Crippen molar-refractivity contribution in [1.82, 2.24) is 10.3 Å². The van der Waals surface area contributed by atoms with Gasteiger partial charge in [-0.2, -0.15) is 0 Å². The van der Waals surface area contributed by atoms with E-state index >= 15 is 0 Å². The fraction of sp³-hybridized carbons (Fsp3) is 0.300. The first-order valence-electron chi connectivity index (χ1n) is 4.03. The summed E-state index contributed by atoms with van der Waals surface area (Å²) in [5.41, 5.74) is 2.12. The van der Waals surface area contributed by atoms with E-state index < -0.39 is 0 Å². The largest absolute Gasteiger partial charge is 0.313 e. The number of aromatic nitrogens is 1. The lowest BCUT2D eigenvalue weighted by Crippen LogP contribution is -2.12. The Morgan fingerprint density at radius 2 is 2.33 bits per heavy atom. The zero-order valence-corrected chi connectivity index (χ0v) is 7.54. The van der Waals surface area contributed by atoms with Crippen molar-refractivity contribution in [2.75, 3.05) is 7.05 Å². The van der Waals surface area contributed by atoms with E-state index in [-0.39, 0.29) is 0 Å². The maximum absolute atomic E-state index is 4.21. The fourth-order valence-electron chi connectivity index (χ4n) is 0.960. The van der Waals surface area contributed by atoms with E-state index in [1.807, 2.05) is 19.3 Å². The van der Waals surface area contributed by atoms with Crippen molar-refractivity contribution >= 4 is 6.08 Å². The lowest BCUT2D eigenvalue weighted by molar-refractivity contribution is 0.649. The molecule has 0 aliphatic carbocycles. The minimum Gasteiger partial charge on any atom is -0.313 e. The number of nitrogens with zero attached hydrogens (tertiary/aromatic N) is 1.